The highest BCUT2D eigenvalue weighted by molar-refractivity contribution is 5.45. The number of para-hydroxylation sites is 1. The van der Waals surface area contributed by atoms with Crippen molar-refractivity contribution in [3.63, 3.8) is 0 Å². The molecule has 36 heavy (non-hydrogen) atoms. The molecule has 1 fully saturated rings. The molecule has 0 amide bonds. The Morgan fingerprint density at radius 1 is 1.00 bits per heavy atom. The Morgan fingerprint density at radius 3 is 2.56 bits per heavy atom. The second-order valence-electron chi connectivity index (χ2n) is 10.6. The van der Waals surface area contributed by atoms with Gasteiger partial charge in [0.25, 0.3) is 0 Å². The molecule has 4 unspecified atom stereocenters. The van der Waals surface area contributed by atoms with Gasteiger partial charge in [0.2, 0.25) is 0 Å². The number of fused-ring (bicyclic) bond motifs is 1. The van der Waals surface area contributed by atoms with E-state index in [1.165, 1.54) is 27.8 Å². The van der Waals surface area contributed by atoms with Crippen LogP contribution in [0.25, 0.3) is 0 Å². The number of rotatable bonds is 7. The van der Waals surface area contributed by atoms with Gasteiger partial charge >= 0.3 is 0 Å². The van der Waals surface area contributed by atoms with Gasteiger partial charge in [0.05, 0.1) is 24.9 Å². The van der Waals surface area contributed by atoms with Crippen LogP contribution in [-0.4, -0.2) is 41.2 Å². The number of aliphatic hydroxyl groups is 2. The van der Waals surface area contributed by atoms with E-state index in [0.717, 1.165) is 29.9 Å². The predicted molar refractivity (Wildman–Crippen MR) is 140 cm³/mol. The first-order valence-electron chi connectivity index (χ1n) is 12.8. The van der Waals surface area contributed by atoms with Crippen LogP contribution in [0, 0.1) is 13.8 Å². The van der Waals surface area contributed by atoms with Gasteiger partial charge in [0.15, 0.2) is 0 Å². The van der Waals surface area contributed by atoms with Crippen molar-refractivity contribution < 1.29 is 24.4 Å². The van der Waals surface area contributed by atoms with Gasteiger partial charge in [0.1, 0.15) is 23.7 Å². The van der Waals surface area contributed by atoms with Gasteiger partial charge in [0, 0.05) is 19.3 Å². The SMILES string of the molecule is Cc1ccc(C2CC(O)CC(CO)O2)cc1Cc1ccc(OCC2(C)Cc3cccc(C)c3O2)cc1. The lowest BCUT2D eigenvalue weighted by Gasteiger charge is -2.32. The third-order valence-electron chi connectivity index (χ3n) is 7.39. The van der Waals surface area contributed by atoms with Gasteiger partial charge in [-0.3, -0.25) is 0 Å². The Balaban J connectivity index is 1.22. The number of hydrogen-bond donors (Lipinski definition) is 2. The van der Waals surface area contributed by atoms with Gasteiger partial charge in [-0.05, 0) is 72.7 Å². The third-order valence-corrected chi connectivity index (χ3v) is 7.39. The average Bonchev–Trinajstić information content (AvgIpc) is 3.22. The number of benzene rings is 3. The first-order valence-corrected chi connectivity index (χ1v) is 12.8. The fraction of sp³-hybridized carbons (Fsp3) is 0.419. The summed E-state index contributed by atoms with van der Waals surface area (Å²) >= 11 is 0. The highest BCUT2D eigenvalue weighted by Crippen LogP contribution is 2.38. The maximum absolute atomic E-state index is 10.2. The van der Waals surface area contributed by atoms with Crippen molar-refractivity contribution in [2.75, 3.05) is 13.2 Å². The highest BCUT2D eigenvalue weighted by atomic mass is 16.5. The van der Waals surface area contributed by atoms with E-state index in [1.807, 2.05) is 12.1 Å². The molecule has 1 saturated heterocycles. The summed E-state index contributed by atoms with van der Waals surface area (Å²) in [6.45, 7) is 6.72. The molecule has 0 aromatic heterocycles. The van der Waals surface area contributed by atoms with Crippen molar-refractivity contribution in [2.24, 2.45) is 0 Å². The molecular weight excluding hydrogens is 452 g/mol. The quantitative estimate of drug-likeness (QED) is 0.476. The Morgan fingerprint density at radius 2 is 1.81 bits per heavy atom. The summed E-state index contributed by atoms with van der Waals surface area (Å²) in [7, 11) is 0. The highest BCUT2D eigenvalue weighted by Gasteiger charge is 2.36. The van der Waals surface area contributed by atoms with Gasteiger partial charge in [-0.1, -0.05) is 48.5 Å². The van der Waals surface area contributed by atoms with E-state index in [9.17, 15) is 10.2 Å². The smallest absolute Gasteiger partial charge is 0.144 e. The Labute approximate surface area is 213 Å². The maximum atomic E-state index is 10.2. The molecule has 0 radical (unpaired) electrons. The summed E-state index contributed by atoms with van der Waals surface area (Å²) in [6.07, 6.45) is 1.72. The summed E-state index contributed by atoms with van der Waals surface area (Å²) in [5.74, 6) is 1.83. The van der Waals surface area contributed by atoms with E-state index in [-0.39, 0.29) is 24.4 Å². The van der Waals surface area contributed by atoms with Crippen LogP contribution in [0.4, 0.5) is 0 Å². The standard InChI is InChI=1S/C31H36O5/c1-20-7-10-23(29-16-26(33)15-28(18-32)35-29)14-25(20)13-22-8-11-27(12-9-22)34-19-31(3)17-24-6-4-5-21(2)30(24)36-31/h4-12,14,26,28-29,32-33H,13,15-19H2,1-3H3. The van der Waals surface area contributed by atoms with Gasteiger partial charge in [-0.15, -0.1) is 0 Å². The minimum absolute atomic E-state index is 0.0709. The van der Waals surface area contributed by atoms with E-state index in [0.29, 0.717) is 19.4 Å². The predicted octanol–water partition coefficient (Wildman–Crippen LogP) is 5.24. The molecule has 3 aromatic carbocycles. The van der Waals surface area contributed by atoms with E-state index in [4.69, 9.17) is 14.2 Å². The van der Waals surface area contributed by atoms with Crippen molar-refractivity contribution in [1.29, 1.82) is 0 Å². The fourth-order valence-electron chi connectivity index (χ4n) is 5.33. The minimum atomic E-state index is -0.451. The van der Waals surface area contributed by atoms with Gasteiger partial charge < -0.3 is 24.4 Å². The van der Waals surface area contributed by atoms with Crippen LogP contribution in [0.3, 0.4) is 0 Å². The Hall–Kier alpha value is -2.86. The zero-order valence-corrected chi connectivity index (χ0v) is 21.4. The molecule has 0 bridgehead atoms. The fourth-order valence-corrected chi connectivity index (χ4v) is 5.33. The maximum Gasteiger partial charge on any atom is 0.144 e. The van der Waals surface area contributed by atoms with Crippen molar-refractivity contribution in [1.82, 2.24) is 0 Å². The van der Waals surface area contributed by atoms with Crippen molar-refractivity contribution in [2.45, 2.75) is 70.4 Å². The second kappa shape index (κ2) is 10.3. The average molecular weight is 489 g/mol. The third kappa shape index (κ3) is 5.44. The largest absolute Gasteiger partial charge is 0.489 e. The molecule has 5 heteroatoms. The van der Waals surface area contributed by atoms with E-state index in [2.05, 4.69) is 69.3 Å². The van der Waals surface area contributed by atoms with Gasteiger partial charge in [-0.2, -0.15) is 0 Å². The molecule has 2 aliphatic rings. The van der Waals surface area contributed by atoms with Crippen LogP contribution in [-0.2, 0) is 17.6 Å². The molecule has 5 rings (SSSR count). The first kappa shape index (κ1) is 24.8. The number of ether oxygens (including phenoxy) is 3. The molecule has 0 aliphatic carbocycles. The normalized spacial score (nSPS) is 25.3. The van der Waals surface area contributed by atoms with Crippen LogP contribution in [0.15, 0.2) is 60.7 Å². The van der Waals surface area contributed by atoms with Gasteiger partial charge in [-0.25, -0.2) is 0 Å². The number of aryl methyl sites for hydroxylation is 2. The second-order valence-corrected chi connectivity index (χ2v) is 10.6. The van der Waals surface area contributed by atoms with Crippen molar-refractivity contribution in [3.05, 3.63) is 94.0 Å². The molecule has 5 nitrogen and oxygen atoms in total. The Bertz CT molecular complexity index is 1200. The molecule has 4 atom stereocenters. The minimum Gasteiger partial charge on any atom is -0.489 e. The summed E-state index contributed by atoms with van der Waals surface area (Å²) in [4.78, 5) is 0. The van der Waals surface area contributed by atoms with Crippen LogP contribution >= 0.6 is 0 Å². The topological polar surface area (TPSA) is 68.2 Å². The van der Waals surface area contributed by atoms with Crippen LogP contribution in [0.5, 0.6) is 11.5 Å². The van der Waals surface area contributed by atoms with Crippen LogP contribution in [0.1, 0.15) is 59.3 Å². The van der Waals surface area contributed by atoms with Crippen LogP contribution in [0.2, 0.25) is 0 Å². The van der Waals surface area contributed by atoms with E-state index < -0.39 is 6.10 Å². The van der Waals surface area contributed by atoms with Crippen molar-refractivity contribution >= 4 is 0 Å². The van der Waals surface area contributed by atoms with E-state index >= 15 is 0 Å². The van der Waals surface area contributed by atoms with Crippen LogP contribution < -0.4 is 9.47 Å². The molecule has 190 valence electrons. The summed E-state index contributed by atoms with van der Waals surface area (Å²) in [5, 5.41) is 19.7. The summed E-state index contributed by atoms with van der Waals surface area (Å²) in [5.41, 5.74) is 6.74. The monoisotopic (exact) mass is 488 g/mol. The molecule has 2 heterocycles. The first-order chi connectivity index (χ1) is 17.3. The van der Waals surface area contributed by atoms with Crippen molar-refractivity contribution in [3.8, 4) is 11.5 Å². The number of aliphatic hydroxyl groups excluding tert-OH is 2. The summed E-state index contributed by atoms with van der Waals surface area (Å²) < 4.78 is 18.4. The molecule has 2 N–H and O–H groups in total. The Kier molecular flexibility index (Phi) is 7.07. The molecule has 3 aromatic rings. The summed E-state index contributed by atoms with van der Waals surface area (Å²) in [6, 6.07) is 20.9. The lowest BCUT2D eigenvalue weighted by molar-refractivity contribution is -0.113. The van der Waals surface area contributed by atoms with E-state index in [1.54, 1.807) is 0 Å². The molecule has 0 spiro atoms. The number of hydrogen-bond acceptors (Lipinski definition) is 5. The molecule has 0 saturated carbocycles. The lowest BCUT2D eigenvalue weighted by atomic mass is 9.92. The zero-order valence-electron chi connectivity index (χ0n) is 21.4. The molecular formula is C31H36O5. The lowest BCUT2D eigenvalue weighted by Crippen LogP contribution is -2.37. The zero-order chi connectivity index (χ0) is 25.3. The molecule has 2 aliphatic heterocycles.